The number of carbonyl (C=O) groups excluding carboxylic acids is 2. The molecular weight excluding hydrogens is 342 g/mol. The third-order valence-corrected chi connectivity index (χ3v) is 5.26. The van der Waals surface area contributed by atoms with Crippen LogP contribution in [0.4, 0.5) is 0 Å². The van der Waals surface area contributed by atoms with Crippen LogP contribution in [0.15, 0.2) is 47.5 Å². The first-order valence-electron chi connectivity index (χ1n) is 9.08. The summed E-state index contributed by atoms with van der Waals surface area (Å²) < 4.78 is 5.33. The van der Waals surface area contributed by atoms with Gasteiger partial charge in [-0.1, -0.05) is 37.3 Å². The van der Waals surface area contributed by atoms with Crippen LogP contribution in [0.2, 0.25) is 0 Å². The smallest absolute Gasteiger partial charge is 0.277 e. The van der Waals surface area contributed by atoms with E-state index in [1.807, 2.05) is 37.3 Å². The molecule has 2 fully saturated rings. The highest BCUT2D eigenvalue weighted by Crippen LogP contribution is 2.41. The number of pyridine rings is 1. The lowest BCUT2D eigenvalue weighted by atomic mass is 9.96. The average Bonchev–Trinajstić information content (AvgIpc) is 3.13. The van der Waals surface area contributed by atoms with Crippen molar-refractivity contribution in [3.63, 3.8) is 0 Å². The molecule has 2 heterocycles. The number of aliphatic imine (C=N–C) groups is 1. The molecule has 6 nitrogen and oxygen atoms in total. The molecule has 1 saturated carbocycles. The van der Waals surface area contributed by atoms with Gasteiger partial charge in [-0.3, -0.25) is 9.59 Å². The summed E-state index contributed by atoms with van der Waals surface area (Å²) in [7, 11) is 1.55. The zero-order chi connectivity index (χ0) is 19.0. The molecule has 2 aromatic rings. The van der Waals surface area contributed by atoms with E-state index in [0.717, 1.165) is 11.3 Å². The highest BCUT2D eigenvalue weighted by Gasteiger charge is 2.51. The van der Waals surface area contributed by atoms with E-state index in [9.17, 15) is 9.59 Å². The van der Waals surface area contributed by atoms with Crippen molar-refractivity contribution in [2.75, 3.05) is 20.3 Å². The summed E-state index contributed by atoms with van der Waals surface area (Å²) in [5.41, 5.74) is 3.27. The number of nitrogens with one attached hydrogen (secondary N) is 1. The van der Waals surface area contributed by atoms with Gasteiger partial charge in [0.05, 0.1) is 13.2 Å². The fourth-order valence-electron chi connectivity index (χ4n) is 3.49. The fraction of sp³-hybridized carbons (Fsp3) is 0.333. The maximum absolute atomic E-state index is 12.7. The van der Waals surface area contributed by atoms with Gasteiger partial charge < -0.3 is 10.1 Å². The van der Waals surface area contributed by atoms with E-state index >= 15 is 0 Å². The highest BCUT2D eigenvalue weighted by atomic mass is 16.5. The molecule has 4 rings (SSSR count). The molecule has 2 amide bonds. The second-order valence-electron chi connectivity index (χ2n) is 6.97. The number of fused-ring (bicyclic) bond motifs is 1. The summed E-state index contributed by atoms with van der Waals surface area (Å²) >= 11 is 0. The van der Waals surface area contributed by atoms with Gasteiger partial charge in [0.15, 0.2) is 0 Å². The molecule has 27 heavy (non-hydrogen) atoms. The average molecular weight is 363 g/mol. The lowest BCUT2D eigenvalue weighted by Gasteiger charge is -2.14. The molecule has 1 saturated heterocycles. The van der Waals surface area contributed by atoms with Crippen molar-refractivity contribution in [1.82, 2.24) is 10.3 Å². The Hall–Kier alpha value is -2.86. The van der Waals surface area contributed by atoms with E-state index in [-0.39, 0.29) is 35.3 Å². The SMILES string of the molecule is CNC(=O)c1cc(C(=O)N=C2[C@H]3COC[C@@H]23)cc([C@@H](C)c2ccccc2)n1. The van der Waals surface area contributed by atoms with Gasteiger partial charge in [0.1, 0.15) is 5.69 Å². The van der Waals surface area contributed by atoms with Crippen molar-refractivity contribution in [2.24, 2.45) is 16.8 Å². The first-order chi connectivity index (χ1) is 13.1. The molecular formula is C21H21N3O3. The molecule has 6 heteroatoms. The van der Waals surface area contributed by atoms with Gasteiger partial charge in [0.2, 0.25) is 0 Å². The van der Waals surface area contributed by atoms with E-state index in [1.165, 1.54) is 6.07 Å². The number of amides is 2. The molecule has 0 unspecified atom stereocenters. The van der Waals surface area contributed by atoms with Gasteiger partial charge in [-0.2, -0.15) is 0 Å². The Bertz CT molecular complexity index is 912. The van der Waals surface area contributed by atoms with Gasteiger partial charge in [-0.05, 0) is 17.7 Å². The van der Waals surface area contributed by atoms with Crippen molar-refractivity contribution in [3.05, 3.63) is 65.0 Å². The minimum absolute atomic E-state index is 0.0521. The standard InChI is InChI=1S/C21H21N3O3/c1-12(13-6-4-3-5-7-13)17-8-14(9-18(23-17)21(26)22-2)20(25)24-19-15-10-27-11-16(15)19/h3-9,12,15-16H,10-11H2,1-2H3,(H,22,26)/t12-,15-,16+/m0/s1. The largest absolute Gasteiger partial charge is 0.380 e. The number of rotatable bonds is 4. The monoisotopic (exact) mass is 363 g/mol. The molecule has 1 N–H and O–H groups in total. The van der Waals surface area contributed by atoms with Gasteiger partial charge >= 0.3 is 0 Å². The second kappa shape index (κ2) is 7.04. The summed E-state index contributed by atoms with van der Waals surface area (Å²) in [6.45, 7) is 3.30. The van der Waals surface area contributed by atoms with Crippen LogP contribution < -0.4 is 5.32 Å². The van der Waals surface area contributed by atoms with Crippen LogP contribution in [0.25, 0.3) is 0 Å². The van der Waals surface area contributed by atoms with E-state index in [0.29, 0.717) is 24.5 Å². The molecule has 0 bridgehead atoms. The number of ether oxygens (including phenoxy) is 1. The Morgan fingerprint density at radius 1 is 1.19 bits per heavy atom. The maximum Gasteiger partial charge on any atom is 0.277 e. The fourth-order valence-corrected chi connectivity index (χ4v) is 3.49. The second-order valence-corrected chi connectivity index (χ2v) is 6.97. The van der Waals surface area contributed by atoms with Gasteiger partial charge in [0.25, 0.3) is 11.8 Å². The van der Waals surface area contributed by atoms with E-state index in [1.54, 1.807) is 13.1 Å². The number of aromatic nitrogens is 1. The predicted molar refractivity (Wildman–Crippen MR) is 101 cm³/mol. The minimum Gasteiger partial charge on any atom is -0.380 e. The summed E-state index contributed by atoms with van der Waals surface area (Å²) in [5.74, 6) is -0.124. The van der Waals surface area contributed by atoms with Crippen LogP contribution in [0.1, 0.15) is 44.9 Å². The van der Waals surface area contributed by atoms with E-state index in [2.05, 4.69) is 15.3 Å². The topological polar surface area (TPSA) is 80.7 Å². The summed E-state index contributed by atoms with van der Waals surface area (Å²) in [6.07, 6.45) is 0. The van der Waals surface area contributed by atoms with Gasteiger partial charge in [-0.15, -0.1) is 0 Å². The third kappa shape index (κ3) is 3.40. The van der Waals surface area contributed by atoms with Crippen molar-refractivity contribution >= 4 is 17.5 Å². The molecule has 1 aromatic heterocycles. The number of carbonyl (C=O) groups is 2. The molecule has 1 aliphatic heterocycles. The van der Waals surface area contributed by atoms with Crippen LogP contribution in [0.5, 0.6) is 0 Å². The van der Waals surface area contributed by atoms with Crippen LogP contribution in [-0.4, -0.2) is 42.8 Å². The van der Waals surface area contributed by atoms with E-state index < -0.39 is 0 Å². The molecule has 138 valence electrons. The van der Waals surface area contributed by atoms with Crippen LogP contribution in [0.3, 0.4) is 0 Å². The summed E-state index contributed by atoms with van der Waals surface area (Å²) in [5, 5.41) is 2.57. The highest BCUT2D eigenvalue weighted by molar-refractivity contribution is 6.13. The van der Waals surface area contributed by atoms with Crippen molar-refractivity contribution in [3.8, 4) is 0 Å². The van der Waals surface area contributed by atoms with Gasteiger partial charge in [-0.25, -0.2) is 9.98 Å². The molecule has 2 aliphatic rings. The zero-order valence-electron chi connectivity index (χ0n) is 15.3. The number of hydrogen-bond donors (Lipinski definition) is 1. The third-order valence-electron chi connectivity index (χ3n) is 5.26. The van der Waals surface area contributed by atoms with Crippen LogP contribution in [-0.2, 0) is 4.74 Å². The van der Waals surface area contributed by atoms with Crippen LogP contribution in [0, 0.1) is 11.8 Å². The number of hydrogen-bond acceptors (Lipinski definition) is 4. The van der Waals surface area contributed by atoms with E-state index in [4.69, 9.17) is 4.74 Å². The molecule has 0 spiro atoms. The Labute approximate surface area is 157 Å². The van der Waals surface area contributed by atoms with Crippen molar-refractivity contribution in [1.29, 1.82) is 0 Å². The Morgan fingerprint density at radius 3 is 2.56 bits per heavy atom. The minimum atomic E-state index is -0.325. The zero-order valence-corrected chi connectivity index (χ0v) is 15.3. The number of benzene rings is 1. The first kappa shape index (κ1) is 17.5. The summed E-state index contributed by atoms with van der Waals surface area (Å²) in [6, 6.07) is 13.1. The van der Waals surface area contributed by atoms with Crippen molar-refractivity contribution < 1.29 is 14.3 Å². The molecule has 1 aromatic carbocycles. The Balaban J connectivity index is 1.68. The Morgan fingerprint density at radius 2 is 1.89 bits per heavy atom. The maximum atomic E-state index is 12.7. The van der Waals surface area contributed by atoms with Crippen molar-refractivity contribution in [2.45, 2.75) is 12.8 Å². The lowest BCUT2D eigenvalue weighted by Crippen LogP contribution is -2.21. The summed E-state index contributed by atoms with van der Waals surface area (Å²) in [4.78, 5) is 33.6. The van der Waals surface area contributed by atoms with Gasteiger partial charge in [0, 0.05) is 41.8 Å². The van der Waals surface area contributed by atoms with Crippen LogP contribution >= 0.6 is 0 Å². The quantitative estimate of drug-likeness (QED) is 0.905. The molecule has 3 atom stereocenters. The number of nitrogens with zero attached hydrogens (tertiary/aromatic N) is 2. The Kier molecular flexibility index (Phi) is 4.58. The normalized spacial score (nSPS) is 23.0. The molecule has 1 aliphatic carbocycles. The lowest BCUT2D eigenvalue weighted by molar-refractivity contribution is 0.0958. The predicted octanol–water partition coefficient (Wildman–Crippen LogP) is 2.45. The molecule has 0 radical (unpaired) electrons. The first-order valence-corrected chi connectivity index (χ1v) is 9.08.